The third kappa shape index (κ3) is 2.79. The van der Waals surface area contributed by atoms with Gasteiger partial charge >= 0.3 is 0 Å². The first-order chi connectivity index (χ1) is 10.2. The van der Waals surface area contributed by atoms with Crippen molar-refractivity contribution in [1.29, 1.82) is 5.26 Å². The van der Waals surface area contributed by atoms with Gasteiger partial charge in [-0.2, -0.15) is 5.26 Å². The zero-order chi connectivity index (χ0) is 14.8. The van der Waals surface area contributed by atoms with E-state index in [0.717, 1.165) is 23.3 Å². The fraction of sp³-hybridized carbons (Fsp3) is 0.188. The van der Waals surface area contributed by atoms with Gasteiger partial charge in [0.15, 0.2) is 0 Å². The van der Waals surface area contributed by atoms with Crippen LogP contribution in [0.15, 0.2) is 30.3 Å². The Morgan fingerprint density at radius 3 is 3.00 bits per heavy atom. The van der Waals surface area contributed by atoms with Crippen LogP contribution in [0.1, 0.15) is 16.7 Å². The van der Waals surface area contributed by atoms with E-state index in [0.29, 0.717) is 23.9 Å². The Kier molecular flexibility index (Phi) is 3.68. The zero-order valence-corrected chi connectivity index (χ0v) is 11.9. The average molecular weight is 303 g/mol. The highest BCUT2D eigenvalue weighted by molar-refractivity contribution is 6.30. The second kappa shape index (κ2) is 5.63. The van der Waals surface area contributed by atoms with E-state index in [2.05, 4.69) is 5.32 Å². The maximum absolute atomic E-state index is 13.1. The molecule has 0 atom stereocenters. The molecule has 0 aliphatic carbocycles. The van der Waals surface area contributed by atoms with E-state index >= 15 is 0 Å². The van der Waals surface area contributed by atoms with Gasteiger partial charge in [0.05, 0.1) is 17.9 Å². The fourth-order valence-electron chi connectivity index (χ4n) is 2.43. The molecule has 0 amide bonds. The molecule has 5 heteroatoms. The summed E-state index contributed by atoms with van der Waals surface area (Å²) in [4.78, 5) is 0. The van der Waals surface area contributed by atoms with Crippen LogP contribution in [0.4, 0.5) is 10.1 Å². The summed E-state index contributed by atoms with van der Waals surface area (Å²) in [5.41, 5.74) is 2.89. The third-order valence-electron chi connectivity index (χ3n) is 3.40. The van der Waals surface area contributed by atoms with E-state index in [1.807, 2.05) is 18.2 Å². The lowest BCUT2D eigenvalue weighted by Gasteiger charge is -2.12. The minimum Gasteiger partial charge on any atom is -0.493 e. The molecule has 0 saturated carbocycles. The molecule has 1 N–H and O–H groups in total. The van der Waals surface area contributed by atoms with Gasteiger partial charge in [0, 0.05) is 23.6 Å². The number of ether oxygens (including phenoxy) is 1. The van der Waals surface area contributed by atoms with E-state index in [9.17, 15) is 4.39 Å². The van der Waals surface area contributed by atoms with Crippen LogP contribution in [0.25, 0.3) is 0 Å². The molecular formula is C16H12ClFN2O. The van der Waals surface area contributed by atoms with E-state index in [1.165, 1.54) is 12.1 Å². The predicted octanol–water partition coefficient (Wildman–Crippen LogP) is 3.90. The standard InChI is InChI=1S/C16H12ClFN2O/c17-13-5-10-3-4-21-16(10)12(6-13)9-20-15-2-1-14(18)7-11(15)8-19/h1-2,5-7,20H,3-4,9H2. The summed E-state index contributed by atoms with van der Waals surface area (Å²) in [6, 6.07) is 9.81. The zero-order valence-electron chi connectivity index (χ0n) is 11.1. The van der Waals surface area contributed by atoms with Crippen LogP contribution in [0.2, 0.25) is 5.02 Å². The SMILES string of the molecule is N#Cc1cc(F)ccc1NCc1cc(Cl)cc2c1OCC2. The molecule has 0 saturated heterocycles. The predicted molar refractivity (Wildman–Crippen MR) is 79.1 cm³/mol. The summed E-state index contributed by atoms with van der Waals surface area (Å²) in [5, 5.41) is 12.8. The second-order valence-corrected chi connectivity index (χ2v) is 5.24. The van der Waals surface area contributed by atoms with Crippen molar-refractivity contribution in [3.63, 3.8) is 0 Å². The summed E-state index contributed by atoms with van der Waals surface area (Å²) in [6.07, 6.45) is 0.850. The molecule has 0 bridgehead atoms. The van der Waals surface area contributed by atoms with Crippen molar-refractivity contribution in [2.45, 2.75) is 13.0 Å². The molecule has 0 unspecified atom stereocenters. The van der Waals surface area contributed by atoms with Gasteiger partial charge in [0.1, 0.15) is 17.6 Å². The highest BCUT2D eigenvalue weighted by Crippen LogP contribution is 2.33. The van der Waals surface area contributed by atoms with Gasteiger partial charge in [-0.3, -0.25) is 0 Å². The smallest absolute Gasteiger partial charge is 0.127 e. The maximum atomic E-state index is 13.1. The van der Waals surface area contributed by atoms with Gasteiger partial charge in [-0.15, -0.1) is 0 Å². The van der Waals surface area contributed by atoms with Crippen LogP contribution in [-0.4, -0.2) is 6.61 Å². The maximum Gasteiger partial charge on any atom is 0.127 e. The molecule has 0 radical (unpaired) electrons. The molecule has 21 heavy (non-hydrogen) atoms. The van der Waals surface area contributed by atoms with E-state index in [1.54, 1.807) is 6.07 Å². The number of nitrogens with one attached hydrogen (secondary N) is 1. The topological polar surface area (TPSA) is 45.0 Å². The Hall–Kier alpha value is -2.25. The quantitative estimate of drug-likeness (QED) is 0.935. The van der Waals surface area contributed by atoms with Gasteiger partial charge in [0.25, 0.3) is 0 Å². The van der Waals surface area contributed by atoms with E-state index < -0.39 is 5.82 Å². The Morgan fingerprint density at radius 2 is 2.19 bits per heavy atom. The minimum atomic E-state index is -0.427. The first-order valence-electron chi connectivity index (χ1n) is 6.55. The van der Waals surface area contributed by atoms with E-state index in [-0.39, 0.29) is 5.56 Å². The monoisotopic (exact) mass is 302 g/mol. The van der Waals surface area contributed by atoms with Crippen molar-refractivity contribution in [1.82, 2.24) is 0 Å². The van der Waals surface area contributed by atoms with Crippen LogP contribution in [0, 0.1) is 17.1 Å². The summed E-state index contributed by atoms with van der Waals surface area (Å²) >= 11 is 6.10. The van der Waals surface area contributed by atoms with Gasteiger partial charge in [-0.1, -0.05) is 11.6 Å². The summed E-state index contributed by atoms with van der Waals surface area (Å²) in [7, 11) is 0. The molecule has 3 nitrogen and oxygen atoms in total. The van der Waals surface area contributed by atoms with Gasteiger partial charge in [-0.05, 0) is 35.9 Å². The molecule has 1 aliphatic rings. The molecule has 1 heterocycles. The van der Waals surface area contributed by atoms with Crippen LogP contribution < -0.4 is 10.1 Å². The fourth-order valence-corrected chi connectivity index (χ4v) is 2.69. The second-order valence-electron chi connectivity index (χ2n) is 4.81. The highest BCUT2D eigenvalue weighted by atomic mass is 35.5. The van der Waals surface area contributed by atoms with Crippen molar-refractivity contribution in [2.24, 2.45) is 0 Å². The molecule has 106 valence electrons. The molecule has 2 aromatic carbocycles. The number of anilines is 1. The van der Waals surface area contributed by atoms with Gasteiger partial charge in [-0.25, -0.2) is 4.39 Å². The molecule has 2 aromatic rings. The molecule has 0 spiro atoms. The highest BCUT2D eigenvalue weighted by Gasteiger charge is 2.17. The lowest BCUT2D eigenvalue weighted by Crippen LogP contribution is -2.03. The molecular weight excluding hydrogens is 291 g/mol. The number of halogens is 2. The number of nitriles is 1. The minimum absolute atomic E-state index is 0.273. The Labute approximate surface area is 126 Å². The number of hydrogen-bond acceptors (Lipinski definition) is 3. The molecule has 0 fully saturated rings. The van der Waals surface area contributed by atoms with Crippen LogP contribution in [-0.2, 0) is 13.0 Å². The largest absolute Gasteiger partial charge is 0.493 e. The number of hydrogen-bond donors (Lipinski definition) is 1. The Balaban J connectivity index is 1.85. The van der Waals surface area contributed by atoms with Crippen LogP contribution in [0.3, 0.4) is 0 Å². The number of fused-ring (bicyclic) bond motifs is 1. The van der Waals surface area contributed by atoms with Crippen LogP contribution >= 0.6 is 11.6 Å². The first-order valence-corrected chi connectivity index (χ1v) is 6.93. The number of nitrogens with zero attached hydrogens (tertiary/aromatic N) is 1. The summed E-state index contributed by atoms with van der Waals surface area (Å²) in [5.74, 6) is 0.427. The van der Waals surface area contributed by atoms with Crippen LogP contribution in [0.5, 0.6) is 5.75 Å². The Bertz CT molecular complexity index is 740. The van der Waals surface area contributed by atoms with Crippen molar-refractivity contribution in [3.8, 4) is 11.8 Å². The lowest BCUT2D eigenvalue weighted by atomic mass is 10.1. The summed E-state index contributed by atoms with van der Waals surface area (Å²) in [6.45, 7) is 1.12. The molecule has 0 aromatic heterocycles. The number of benzene rings is 2. The third-order valence-corrected chi connectivity index (χ3v) is 3.61. The van der Waals surface area contributed by atoms with Gasteiger partial charge in [0.2, 0.25) is 0 Å². The first kappa shape index (κ1) is 13.7. The van der Waals surface area contributed by atoms with Gasteiger partial charge < -0.3 is 10.1 Å². The van der Waals surface area contributed by atoms with E-state index in [4.69, 9.17) is 21.6 Å². The molecule has 3 rings (SSSR count). The average Bonchev–Trinajstić information content (AvgIpc) is 2.93. The number of rotatable bonds is 3. The van der Waals surface area contributed by atoms with Crippen molar-refractivity contribution in [2.75, 3.05) is 11.9 Å². The Morgan fingerprint density at radius 1 is 1.33 bits per heavy atom. The van der Waals surface area contributed by atoms with Crippen molar-refractivity contribution >= 4 is 17.3 Å². The summed E-state index contributed by atoms with van der Waals surface area (Å²) < 4.78 is 18.7. The normalized spacial score (nSPS) is 12.4. The molecule has 1 aliphatic heterocycles. The van der Waals surface area contributed by atoms with Crippen molar-refractivity contribution in [3.05, 3.63) is 57.9 Å². The lowest BCUT2D eigenvalue weighted by molar-refractivity contribution is 0.354. The van der Waals surface area contributed by atoms with Crippen molar-refractivity contribution < 1.29 is 9.13 Å².